The second-order valence-electron chi connectivity index (χ2n) is 9.71. The molecule has 3 aromatic rings. The van der Waals surface area contributed by atoms with E-state index in [4.69, 9.17) is 4.74 Å². The normalized spacial score (nSPS) is 16.8. The zero-order valence-corrected chi connectivity index (χ0v) is 21.5. The lowest BCUT2D eigenvalue weighted by atomic mass is 9.79. The fraction of sp³-hybridized carbons (Fsp3) is 0.312. The Labute approximate surface area is 224 Å². The summed E-state index contributed by atoms with van der Waals surface area (Å²) in [4.78, 5) is 34.0. The van der Waals surface area contributed by atoms with Crippen LogP contribution in [0.3, 0.4) is 0 Å². The van der Waals surface area contributed by atoms with Crippen LogP contribution in [0.25, 0.3) is 0 Å². The first kappa shape index (κ1) is 27.0. The Bertz CT molecular complexity index is 1230. The summed E-state index contributed by atoms with van der Waals surface area (Å²) >= 11 is 0. The molecule has 1 N–H and O–H groups in total. The van der Waals surface area contributed by atoms with Gasteiger partial charge in [-0.3, -0.25) is 19.6 Å². The monoisotopic (exact) mass is 510 g/mol. The Kier molecular flexibility index (Phi) is 9.57. The highest BCUT2D eigenvalue weighted by atomic mass is 16.5. The van der Waals surface area contributed by atoms with Crippen LogP contribution in [0.15, 0.2) is 96.1 Å². The quantitative estimate of drug-likeness (QED) is 0.265. The first-order valence-electron chi connectivity index (χ1n) is 13.2. The Morgan fingerprint density at radius 1 is 0.868 bits per heavy atom. The number of carboxylic acids is 1. The van der Waals surface area contributed by atoms with E-state index in [0.717, 1.165) is 42.7 Å². The van der Waals surface area contributed by atoms with Gasteiger partial charge in [-0.2, -0.15) is 0 Å². The van der Waals surface area contributed by atoms with Gasteiger partial charge in [-0.05, 0) is 86.1 Å². The maximum Gasteiger partial charge on any atom is 0.306 e. The lowest BCUT2D eigenvalue weighted by Gasteiger charge is -2.26. The van der Waals surface area contributed by atoms with Crippen LogP contribution >= 0.6 is 0 Å². The number of aliphatic imine (C=N–C) groups is 1. The fourth-order valence-electron chi connectivity index (χ4n) is 4.82. The van der Waals surface area contributed by atoms with Crippen molar-refractivity contribution in [3.63, 3.8) is 0 Å². The summed E-state index contributed by atoms with van der Waals surface area (Å²) in [6.45, 7) is 0.664. The number of aliphatic carboxylic acids is 1. The van der Waals surface area contributed by atoms with Gasteiger partial charge in [0.25, 0.3) is 0 Å². The van der Waals surface area contributed by atoms with E-state index in [-0.39, 0.29) is 12.2 Å². The van der Waals surface area contributed by atoms with Crippen molar-refractivity contribution < 1.29 is 19.4 Å². The van der Waals surface area contributed by atoms with Gasteiger partial charge < -0.3 is 9.84 Å². The Morgan fingerprint density at radius 3 is 2.34 bits per heavy atom. The third-order valence-corrected chi connectivity index (χ3v) is 6.79. The standard InChI is InChI=1S/C32H34N2O4/c35-30(36)24-32(18-9-20-34-32)31(37)27(23-28-13-6-7-19-33-28)22-26-14-16-29(17-15-26)38-21-8-2-5-12-25-10-3-1-4-11-25/h1,3-4,6-7,9-11,13-20,27H,2,5,8,12,21-24H2,(H,35,36). The number of allylic oxidation sites excluding steroid dienone is 1. The van der Waals surface area contributed by atoms with Crippen molar-refractivity contribution in [2.75, 3.05) is 6.61 Å². The lowest BCUT2D eigenvalue weighted by Crippen LogP contribution is -2.42. The second-order valence-corrected chi connectivity index (χ2v) is 9.71. The van der Waals surface area contributed by atoms with Crippen molar-refractivity contribution in [2.24, 2.45) is 10.9 Å². The molecule has 2 atom stereocenters. The van der Waals surface area contributed by atoms with Crippen LogP contribution in [0, 0.1) is 5.92 Å². The van der Waals surface area contributed by atoms with Crippen LogP contribution in [0.1, 0.15) is 42.5 Å². The molecule has 0 fully saturated rings. The molecule has 1 aliphatic rings. The van der Waals surface area contributed by atoms with E-state index in [9.17, 15) is 14.7 Å². The first-order chi connectivity index (χ1) is 18.5. The molecule has 6 heteroatoms. The number of benzene rings is 2. The van der Waals surface area contributed by atoms with Crippen LogP contribution in [0.2, 0.25) is 0 Å². The highest BCUT2D eigenvalue weighted by molar-refractivity contribution is 6.00. The topological polar surface area (TPSA) is 88.8 Å². The second kappa shape index (κ2) is 13.5. The maximum absolute atomic E-state index is 13.7. The Balaban J connectivity index is 1.34. The van der Waals surface area contributed by atoms with Gasteiger partial charge in [0.2, 0.25) is 0 Å². The number of hydrogen-bond donors (Lipinski definition) is 1. The van der Waals surface area contributed by atoms with Crippen LogP contribution in [0.5, 0.6) is 5.75 Å². The maximum atomic E-state index is 13.7. The van der Waals surface area contributed by atoms with Crippen LogP contribution in [-0.2, 0) is 28.9 Å². The third-order valence-electron chi connectivity index (χ3n) is 6.79. The molecule has 6 nitrogen and oxygen atoms in total. The Hall–Kier alpha value is -4.06. The number of ketones is 1. The van der Waals surface area contributed by atoms with Gasteiger partial charge in [0.05, 0.1) is 13.0 Å². The summed E-state index contributed by atoms with van der Waals surface area (Å²) in [5.41, 5.74) is 1.77. The number of carboxylic acid groups (broad SMARTS) is 1. The van der Waals surface area contributed by atoms with E-state index in [2.05, 4.69) is 34.2 Å². The molecule has 0 aliphatic carbocycles. The van der Waals surface area contributed by atoms with Crippen molar-refractivity contribution in [3.05, 3.63) is 108 Å². The molecule has 196 valence electrons. The zero-order valence-electron chi connectivity index (χ0n) is 21.5. The number of Topliss-reactive ketones (excluding diaryl/α,β-unsaturated/α-hetero) is 1. The van der Waals surface area contributed by atoms with Crippen molar-refractivity contribution in [1.29, 1.82) is 0 Å². The van der Waals surface area contributed by atoms with Crippen molar-refractivity contribution in [2.45, 2.75) is 50.5 Å². The number of aryl methyl sites for hydroxylation is 1. The first-order valence-corrected chi connectivity index (χ1v) is 13.2. The van der Waals surface area contributed by atoms with E-state index in [1.165, 1.54) is 11.8 Å². The predicted octanol–water partition coefficient (Wildman–Crippen LogP) is 5.70. The molecule has 0 radical (unpaired) electrons. The SMILES string of the molecule is O=C(O)CC1(C(=O)C(Cc2ccc(OCCCCCc3ccccc3)cc2)Cc2ccccn2)C=CC=N1. The van der Waals surface area contributed by atoms with Gasteiger partial charge in [0.1, 0.15) is 11.3 Å². The highest BCUT2D eigenvalue weighted by Gasteiger charge is 2.42. The summed E-state index contributed by atoms with van der Waals surface area (Å²) < 4.78 is 5.93. The molecule has 4 rings (SSSR count). The number of carbonyl (C=O) groups excluding carboxylic acids is 1. The molecule has 2 heterocycles. The number of rotatable bonds is 15. The van der Waals surface area contributed by atoms with E-state index < -0.39 is 17.4 Å². The van der Waals surface area contributed by atoms with Gasteiger partial charge in [0.15, 0.2) is 5.78 Å². The smallest absolute Gasteiger partial charge is 0.306 e. The largest absolute Gasteiger partial charge is 0.494 e. The summed E-state index contributed by atoms with van der Waals surface area (Å²) in [7, 11) is 0. The van der Waals surface area contributed by atoms with Crippen LogP contribution in [0.4, 0.5) is 0 Å². The number of hydrogen-bond acceptors (Lipinski definition) is 5. The molecule has 0 amide bonds. The number of carbonyl (C=O) groups is 2. The fourth-order valence-corrected chi connectivity index (χ4v) is 4.82. The van der Waals surface area contributed by atoms with Crippen LogP contribution in [-0.4, -0.2) is 40.2 Å². The molecule has 0 saturated heterocycles. The molecule has 0 bridgehead atoms. The number of nitrogens with zero attached hydrogens (tertiary/aromatic N) is 2. The molecule has 1 aromatic heterocycles. The van der Waals surface area contributed by atoms with E-state index in [0.29, 0.717) is 19.4 Å². The third kappa shape index (κ3) is 7.72. The molecular formula is C32H34N2O4. The molecule has 0 saturated carbocycles. The number of pyridine rings is 1. The summed E-state index contributed by atoms with van der Waals surface area (Å²) in [5, 5.41) is 9.46. The van der Waals surface area contributed by atoms with Gasteiger partial charge in [-0.25, -0.2) is 0 Å². The average molecular weight is 511 g/mol. The summed E-state index contributed by atoms with van der Waals surface area (Å²) in [6.07, 6.45) is 11.3. The highest BCUT2D eigenvalue weighted by Crippen LogP contribution is 2.30. The van der Waals surface area contributed by atoms with Crippen molar-refractivity contribution >= 4 is 18.0 Å². The number of ether oxygens (including phenoxy) is 1. The molecule has 2 aromatic carbocycles. The van der Waals surface area contributed by atoms with E-state index in [1.807, 2.05) is 48.5 Å². The number of unbranched alkanes of at least 4 members (excludes halogenated alkanes) is 2. The van der Waals surface area contributed by atoms with E-state index in [1.54, 1.807) is 18.3 Å². The average Bonchev–Trinajstić information content (AvgIpc) is 3.41. The van der Waals surface area contributed by atoms with E-state index >= 15 is 0 Å². The Morgan fingerprint density at radius 2 is 1.66 bits per heavy atom. The molecule has 38 heavy (non-hydrogen) atoms. The van der Waals surface area contributed by atoms with Crippen LogP contribution < -0.4 is 4.74 Å². The molecular weight excluding hydrogens is 476 g/mol. The van der Waals surface area contributed by atoms with Gasteiger partial charge in [0, 0.05) is 24.0 Å². The van der Waals surface area contributed by atoms with Gasteiger partial charge in [-0.1, -0.05) is 48.5 Å². The van der Waals surface area contributed by atoms with Gasteiger partial charge in [-0.15, -0.1) is 0 Å². The van der Waals surface area contributed by atoms with Crippen molar-refractivity contribution in [3.8, 4) is 5.75 Å². The predicted molar refractivity (Wildman–Crippen MR) is 149 cm³/mol. The lowest BCUT2D eigenvalue weighted by molar-refractivity contribution is -0.141. The molecule has 1 aliphatic heterocycles. The minimum atomic E-state index is -1.37. The zero-order chi connectivity index (χ0) is 26.6. The van der Waals surface area contributed by atoms with Gasteiger partial charge >= 0.3 is 5.97 Å². The molecule has 0 spiro atoms. The van der Waals surface area contributed by atoms with Crippen molar-refractivity contribution in [1.82, 2.24) is 4.98 Å². The summed E-state index contributed by atoms with van der Waals surface area (Å²) in [5.74, 6) is -0.929. The summed E-state index contributed by atoms with van der Waals surface area (Å²) in [6, 6.07) is 23.9. The minimum Gasteiger partial charge on any atom is -0.494 e. The number of aromatic nitrogens is 1. The molecule has 2 unspecified atom stereocenters. The minimum absolute atomic E-state index is 0.202.